The van der Waals surface area contributed by atoms with Gasteiger partial charge in [0, 0.05) is 19.1 Å². The zero-order valence-corrected chi connectivity index (χ0v) is 11.9. The standard InChI is InChI=1S/C13H23N5O/c1-8(2)18-13(11(14)9(3)16-18)17-6-4-5-10(7-17)12(15)19/h8,10H,4-7,14H2,1-3H3,(H2,15,19). The summed E-state index contributed by atoms with van der Waals surface area (Å²) in [6.07, 6.45) is 1.82. The Bertz CT molecular complexity index is 480. The molecular formula is C13H23N5O. The van der Waals surface area contributed by atoms with Crippen LogP contribution in [0.15, 0.2) is 0 Å². The Hall–Kier alpha value is -1.72. The molecule has 1 saturated heterocycles. The fraction of sp³-hybridized carbons (Fsp3) is 0.692. The van der Waals surface area contributed by atoms with E-state index in [1.54, 1.807) is 0 Å². The maximum absolute atomic E-state index is 11.4. The zero-order chi connectivity index (χ0) is 14.2. The Morgan fingerprint density at radius 1 is 1.47 bits per heavy atom. The van der Waals surface area contributed by atoms with Gasteiger partial charge in [0.1, 0.15) is 0 Å². The number of rotatable bonds is 3. The third-order valence-electron chi connectivity index (χ3n) is 3.72. The van der Waals surface area contributed by atoms with Gasteiger partial charge in [-0.2, -0.15) is 5.10 Å². The van der Waals surface area contributed by atoms with Crippen LogP contribution < -0.4 is 16.4 Å². The first-order chi connectivity index (χ1) is 8.91. The number of primary amides is 1. The third-order valence-corrected chi connectivity index (χ3v) is 3.72. The van der Waals surface area contributed by atoms with Gasteiger partial charge in [-0.25, -0.2) is 4.68 Å². The molecule has 1 aliphatic rings. The molecule has 0 radical (unpaired) electrons. The van der Waals surface area contributed by atoms with Crippen LogP contribution in [0.5, 0.6) is 0 Å². The second-order valence-electron chi connectivity index (χ2n) is 5.55. The first-order valence-corrected chi connectivity index (χ1v) is 6.80. The quantitative estimate of drug-likeness (QED) is 0.855. The fourth-order valence-electron chi connectivity index (χ4n) is 2.63. The molecule has 0 bridgehead atoms. The Balaban J connectivity index is 2.33. The van der Waals surface area contributed by atoms with E-state index >= 15 is 0 Å². The molecule has 6 heteroatoms. The number of nitrogen functional groups attached to an aromatic ring is 1. The van der Waals surface area contributed by atoms with Crippen LogP contribution >= 0.6 is 0 Å². The largest absolute Gasteiger partial charge is 0.394 e. The van der Waals surface area contributed by atoms with Crippen molar-refractivity contribution in [3.8, 4) is 0 Å². The van der Waals surface area contributed by atoms with Crippen LogP contribution in [0.1, 0.15) is 38.4 Å². The molecule has 4 N–H and O–H groups in total. The first kappa shape index (κ1) is 13.7. The summed E-state index contributed by atoms with van der Waals surface area (Å²) in [6.45, 7) is 7.59. The SMILES string of the molecule is Cc1nn(C(C)C)c(N2CCCC(C(N)=O)C2)c1N. The summed E-state index contributed by atoms with van der Waals surface area (Å²) in [7, 11) is 0. The summed E-state index contributed by atoms with van der Waals surface area (Å²) in [6, 6.07) is 0.236. The molecule has 1 aromatic heterocycles. The predicted molar refractivity (Wildman–Crippen MR) is 75.9 cm³/mol. The summed E-state index contributed by atoms with van der Waals surface area (Å²) < 4.78 is 1.94. The Morgan fingerprint density at radius 2 is 2.16 bits per heavy atom. The molecule has 6 nitrogen and oxygen atoms in total. The van der Waals surface area contributed by atoms with Gasteiger partial charge in [-0.15, -0.1) is 0 Å². The topological polar surface area (TPSA) is 90.2 Å². The maximum atomic E-state index is 11.4. The highest BCUT2D eigenvalue weighted by Crippen LogP contribution is 2.32. The summed E-state index contributed by atoms with van der Waals surface area (Å²) in [4.78, 5) is 13.5. The third kappa shape index (κ3) is 2.52. The monoisotopic (exact) mass is 265 g/mol. The molecule has 1 amide bonds. The molecule has 2 rings (SSSR count). The number of nitrogens with two attached hydrogens (primary N) is 2. The number of piperidine rings is 1. The second-order valence-corrected chi connectivity index (χ2v) is 5.55. The van der Waals surface area contributed by atoms with Gasteiger partial charge in [0.05, 0.1) is 17.3 Å². The molecular weight excluding hydrogens is 242 g/mol. The normalized spacial score (nSPS) is 20.0. The van der Waals surface area contributed by atoms with E-state index in [1.807, 2.05) is 11.6 Å². The van der Waals surface area contributed by atoms with Gasteiger partial charge < -0.3 is 16.4 Å². The molecule has 0 aromatic carbocycles. The van der Waals surface area contributed by atoms with Crippen LogP contribution in [0.4, 0.5) is 11.5 Å². The molecule has 19 heavy (non-hydrogen) atoms. The van der Waals surface area contributed by atoms with Crippen molar-refractivity contribution in [2.75, 3.05) is 23.7 Å². The van der Waals surface area contributed by atoms with Gasteiger partial charge in [-0.1, -0.05) is 0 Å². The number of hydrogen-bond acceptors (Lipinski definition) is 4. The van der Waals surface area contributed by atoms with Gasteiger partial charge in [0.25, 0.3) is 0 Å². The zero-order valence-electron chi connectivity index (χ0n) is 11.9. The summed E-state index contributed by atoms with van der Waals surface area (Å²) in [5.74, 6) is 0.609. The highest BCUT2D eigenvalue weighted by atomic mass is 16.1. The average molecular weight is 265 g/mol. The van der Waals surface area contributed by atoms with E-state index in [1.165, 1.54) is 0 Å². The first-order valence-electron chi connectivity index (χ1n) is 6.80. The van der Waals surface area contributed by atoms with Gasteiger partial charge in [-0.3, -0.25) is 4.79 Å². The number of anilines is 2. The van der Waals surface area contributed by atoms with E-state index < -0.39 is 0 Å². The van der Waals surface area contributed by atoms with E-state index in [4.69, 9.17) is 11.5 Å². The predicted octanol–water partition coefficient (Wildman–Crippen LogP) is 1.06. The van der Waals surface area contributed by atoms with Crippen molar-refractivity contribution in [2.45, 2.75) is 39.7 Å². The van der Waals surface area contributed by atoms with Crippen LogP contribution in [0, 0.1) is 12.8 Å². The van der Waals surface area contributed by atoms with E-state index in [0.29, 0.717) is 12.2 Å². The van der Waals surface area contributed by atoms with Gasteiger partial charge >= 0.3 is 0 Å². The molecule has 1 unspecified atom stereocenters. The van der Waals surface area contributed by atoms with Crippen molar-refractivity contribution < 1.29 is 4.79 Å². The van der Waals surface area contributed by atoms with Crippen molar-refractivity contribution in [3.05, 3.63) is 5.69 Å². The summed E-state index contributed by atoms with van der Waals surface area (Å²) >= 11 is 0. The molecule has 1 fully saturated rings. The smallest absolute Gasteiger partial charge is 0.222 e. The lowest BCUT2D eigenvalue weighted by Gasteiger charge is -2.33. The number of carbonyl (C=O) groups excluding carboxylic acids is 1. The lowest BCUT2D eigenvalue weighted by atomic mass is 9.97. The molecule has 1 aliphatic heterocycles. The van der Waals surface area contributed by atoms with Crippen LogP contribution in [0.3, 0.4) is 0 Å². The van der Waals surface area contributed by atoms with Gasteiger partial charge in [0.15, 0.2) is 5.82 Å². The van der Waals surface area contributed by atoms with Crippen molar-refractivity contribution >= 4 is 17.4 Å². The van der Waals surface area contributed by atoms with Gasteiger partial charge in [-0.05, 0) is 33.6 Å². The van der Waals surface area contributed by atoms with Crippen molar-refractivity contribution in [1.82, 2.24) is 9.78 Å². The maximum Gasteiger partial charge on any atom is 0.222 e. The van der Waals surface area contributed by atoms with Crippen molar-refractivity contribution in [1.29, 1.82) is 0 Å². The summed E-state index contributed by atoms with van der Waals surface area (Å²) in [5, 5.41) is 4.49. The van der Waals surface area contributed by atoms with E-state index in [0.717, 1.165) is 30.9 Å². The number of hydrogen-bond donors (Lipinski definition) is 2. The lowest BCUT2D eigenvalue weighted by Crippen LogP contribution is -2.42. The van der Waals surface area contributed by atoms with Crippen LogP contribution in [0.25, 0.3) is 0 Å². The highest BCUT2D eigenvalue weighted by Gasteiger charge is 2.28. The number of aryl methyl sites for hydroxylation is 1. The molecule has 0 saturated carbocycles. The minimum atomic E-state index is -0.226. The molecule has 0 spiro atoms. The molecule has 1 atom stereocenters. The highest BCUT2D eigenvalue weighted by molar-refractivity contribution is 5.78. The van der Waals surface area contributed by atoms with E-state index in [-0.39, 0.29) is 17.9 Å². The van der Waals surface area contributed by atoms with Crippen molar-refractivity contribution in [2.24, 2.45) is 11.7 Å². The van der Waals surface area contributed by atoms with Crippen LogP contribution in [0.2, 0.25) is 0 Å². The van der Waals surface area contributed by atoms with E-state index in [9.17, 15) is 4.79 Å². The fourth-order valence-corrected chi connectivity index (χ4v) is 2.63. The number of carbonyl (C=O) groups is 1. The Labute approximate surface area is 113 Å². The minimum Gasteiger partial charge on any atom is -0.394 e. The Morgan fingerprint density at radius 3 is 2.74 bits per heavy atom. The van der Waals surface area contributed by atoms with Crippen LogP contribution in [-0.4, -0.2) is 28.8 Å². The lowest BCUT2D eigenvalue weighted by molar-refractivity contribution is -0.122. The molecule has 106 valence electrons. The number of nitrogens with zero attached hydrogens (tertiary/aromatic N) is 3. The van der Waals surface area contributed by atoms with Crippen molar-refractivity contribution in [3.63, 3.8) is 0 Å². The minimum absolute atomic E-state index is 0.0935. The number of aromatic nitrogens is 2. The summed E-state index contributed by atoms with van der Waals surface area (Å²) in [5.41, 5.74) is 13.1. The van der Waals surface area contributed by atoms with Gasteiger partial charge in [0.2, 0.25) is 5.91 Å². The molecule has 1 aromatic rings. The second kappa shape index (κ2) is 5.11. The molecule has 0 aliphatic carbocycles. The Kier molecular flexibility index (Phi) is 3.68. The van der Waals surface area contributed by atoms with Crippen LogP contribution in [-0.2, 0) is 4.79 Å². The average Bonchev–Trinajstić information content (AvgIpc) is 2.66. The number of amides is 1. The van der Waals surface area contributed by atoms with E-state index in [2.05, 4.69) is 23.8 Å². The molecule has 2 heterocycles.